The fraction of sp³-hybridized carbons (Fsp3) is 0.889. The lowest BCUT2D eigenvalue weighted by Gasteiger charge is -2.43. The van der Waals surface area contributed by atoms with E-state index in [9.17, 15) is 4.79 Å². The Balaban J connectivity index is 5.64. The maximum absolute atomic E-state index is 12.2. The number of hydrogen-bond donors (Lipinski definition) is 0. The molecule has 0 amide bonds. The molecule has 0 aromatic carbocycles. The third kappa shape index (κ3) is 11.1. The van der Waals surface area contributed by atoms with Gasteiger partial charge in [0.1, 0.15) is 0 Å². The fourth-order valence-corrected chi connectivity index (χ4v) is 4.89. The predicted octanol–water partition coefficient (Wildman–Crippen LogP) is 7.01. The quantitative estimate of drug-likeness (QED) is 0.150. The van der Waals surface area contributed by atoms with Gasteiger partial charge in [-0.25, -0.2) is 0 Å². The Morgan fingerprint density at radius 2 is 1.48 bits per heavy atom. The maximum Gasteiger partial charge on any atom is 0.311 e. The Morgan fingerprint density at radius 1 is 0.939 bits per heavy atom. The molecular weight excluding hydrogens is 432 g/mol. The third-order valence-electron chi connectivity index (χ3n) is 7.00. The average molecular weight is 487 g/mol. The normalized spacial score (nSPS) is 18.1. The van der Waals surface area contributed by atoms with Gasteiger partial charge in [-0.3, -0.25) is 4.79 Å². The van der Waals surface area contributed by atoms with Crippen molar-refractivity contribution in [3.05, 3.63) is 12.2 Å². The Labute approximate surface area is 206 Å². The summed E-state index contributed by atoms with van der Waals surface area (Å²) in [5.74, 6) is 0.230. The predicted molar refractivity (Wildman–Crippen MR) is 141 cm³/mol. The second kappa shape index (κ2) is 14.0. The first-order valence-corrected chi connectivity index (χ1v) is 15.5. The van der Waals surface area contributed by atoms with Crippen molar-refractivity contribution in [1.29, 1.82) is 0 Å². The van der Waals surface area contributed by atoms with Crippen molar-refractivity contribution in [3.63, 3.8) is 0 Å². The highest BCUT2D eigenvalue weighted by molar-refractivity contribution is 6.74. The fourth-order valence-electron chi connectivity index (χ4n) is 3.47. The zero-order valence-electron chi connectivity index (χ0n) is 23.9. The summed E-state index contributed by atoms with van der Waals surface area (Å²) >= 11 is 0. The molecule has 0 aliphatic heterocycles. The van der Waals surface area contributed by atoms with E-state index in [4.69, 9.17) is 18.6 Å². The van der Waals surface area contributed by atoms with Crippen LogP contribution in [0.2, 0.25) is 18.1 Å². The molecule has 5 nitrogen and oxygen atoms in total. The van der Waals surface area contributed by atoms with E-state index in [0.717, 1.165) is 12.8 Å². The van der Waals surface area contributed by atoms with E-state index in [-0.39, 0.29) is 35.2 Å². The smallest absolute Gasteiger partial charge is 0.311 e. The van der Waals surface area contributed by atoms with E-state index >= 15 is 0 Å². The van der Waals surface area contributed by atoms with E-state index in [1.54, 1.807) is 14.2 Å². The summed E-state index contributed by atoms with van der Waals surface area (Å²) in [7, 11) is 1.50. The monoisotopic (exact) mass is 486 g/mol. The van der Waals surface area contributed by atoms with E-state index in [2.05, 4.69) is 66.8 Å². The molecule has 0 aromatic heterocycles. The van der Waals surface area contributed by atoms with Crippen LogP contribution in [0.3, 0.4) is 0 Å². The summed E-state index contributed by atoms with van der Waals surface area (Å²) in [5, 5.41) is 0.103. The summed E-state index contributed by atoms with van der Waals surface area (Å²) in [6.45, 7) is 23.9. The molecule has 0 N–H and O–H groups in total. The van der Waals surface area contributed by atoms with Crippen molar-refractivity contribution in [2.24, 2.45) is 17.3 Å². The van der Waals surface area contributed by atoms with Crippen molar-refractivity contribution in [2.75, 3.05) is 20.8 Å². The molecule has 5 atom stereocenters. The van der Waals surface area contributed by atoms with Crippen molar-refractivity contribution < 1.29 is 23.4 Å². The molecule has 196 valence electrons. The molecule has 0 rings (SSSR count). The van der Waals surface area contributed by atoms with Gasteiger partial charge in [-0.05, 0) is 51.7 Å². The van der Waals surface area contributed by atoms with E-state index in [1.165, 1.54) is 0 Å². The van der Waals surface area contributed by atoms with Crippen LogP contribution in [0.25, 0.3) is 0 Å². The summed E-state index contributed by atoms with van der Waals surface area (Å²) in [4.78, 5) is 12.2. The minimum absolute atomic E-state index is 0.0171. The van der Waals surface area contributed by atoms with Crippen LogP contribution in [0.5, 0.6) is 0 Å². The van der Waals surface area contributed by atoms with Crippen LogP contribution in [0, 0.1) is 17.3 Å². The van der Waals surface area contributed by atoms with Gasteiger partial charge in [0.25, 0.3) is 0 Å². The molecule has 0 bridgehead atoms. The Hall–Kier alpha value is -0.693. The third-order valence-corrected chi connectivity index (χ3v) is 11.5. The summed E-state index contributed by atoms with van der Waals surface area (Å²) in [6.07, 6.45) is 6.85. The number of ether oxygens (including phenoxy) is 3. The molecule has 0 aliphatic rings. The lowest BCUT2D eigenvalue weighted by Crippen LogP contribution is -2.48. The lowest BCUT2D eigenvalue weighted by molar-refractivity contribution is -0.154. The van der Waals surface area contributed by atoms with Crippen LogP contribution in [0.1, 0.15) is 81.6 Å². The molecule has 0 heterocycles. The number of carbonyl (C=O) groups excluding carboxylic acids is 1. The Morgan fingerprint density at radius 3 is 1.91 bits per heavy atom. The minimum Gasteiger partial charge on any atom is -0.465 e. The van der Waals surface area contributed by atoms with E-state index < -0.39 is 13.7 Å². The van der Waals surface area contributed by atoms with Gasteiger partial charge < -0.3 is 18.6 Å². The number of methoxy groups -OCH3 is 2. The first-order chi connectivity index (χ1) is 15.0. The second-order valence-electron chi connectivity index (χ2n) is 11.9. The van der Waals surface area contributed by atoms with Crippen molar-refractivity contribution in [2.45, 2.75) is 118 Å². The van der Waals surface area contributed by atoms with Gasteiger partial charge in [-0.1, -0.05) is 53.7 Å². The zero-order valence-corrected chi connectivity index (χ0v) is 24.9. The van der Waals surface area contributed by atoms with Crippen LogP contribution in [-0.2, 0) is 23.4 Å². The summed E-state index contributed by atoms with van der Waals surface area (Å²) in [5.41, 5.74) is -0.504. The molecule has 0 radical (unpaired) electrons. The maximum atomic E-state index is 12.2. The van der Waals surface area contributed by atoms with Crippen LogP contribution < -0.4 is 0 Å². The Bertz CT molecular complexity index is 588. The van der Waals surface area contributed by atoms with Gasteiger partial charge in [0, 0.05) is 32.5 Å². The van der Waals surface area contributed by atoms with Gasteiger partial charge in [0.15, 0.2) is 8.32 Å². The number of carbonyl (C=O) groups is 1. The van der Waals surface area contributed by atoms with Crippen LogP contribution in [0.4, 0.5) is 0 Å². The van der Waals surface area contributed by atoms with Crippen molar-refractivity contribution >= 4 is 14.3 Å². The van der Waals surface area contributed by atoms with E-state index in [0.29, 0.717) is 18.9 Å². The van der Waals surface area contributed by atoms with Gasteiger partial charge in [-0.2, -0.15) is 0 Å². The topological polar surface area (TPSA) is 54.0 Å². The lowest BCUT2D eigenvalue weighted by atomic mass is 9.88. The van der Waals surface area contributed by atoms with Gasteiger partial charge in [0.2, 0.25) is 0 Å². The highest BCUT2D eigenvalue weighted by Gasteiger charge is 2.42. The van der Waals surface area contributed by atoms with Crippen LogP contribution >= 0.6 is 0 Å². The molecule has 0 saturated heterocycles. The van der Waals surface area contributed by atoms with Crippen LogP contribution in [-0.4, -0.2) is 53.4 Å². The number of rotatable bonds is 14. The molecule has 0 spiro atoms. The number of esters is 1. The Kier molecular flexibility index (Phi) is 13.7. The average Bonchev–Trinajstić information content (AvgIpc) is 2.70. The number of allylic oxidation sites excluding steroid dienone is 1. The molecule has 0 fully saturated rings. The molecule has 0 aliphatic carbocycles. The first-order valence-electron chi connectivity index (χ1n) is 12.6. The van der Waals surface area contributed by atoms with Gasteiger partial charge in [0.05, 0.1) is 30.3 Å². The largest absolute Gasteiger partial charge is 0.465 e. The molecule has 0 aromatic rings. The molecule has 0 unspecified atom stereocenters. The first kappa shape index (κ1) is 32.3. The molecular formula is C27H54O5Si. The molecule has 33 heavy (non-hydrogen) atoms. The highest BCUT2D eigenvalue weighted by Crippen LogP contribution is 2.39. The second-order valence-corrected chi connectivity index (χ2v) is 16.7. The van der Waals surface area contributed by atoms with Gasteiger partial charge >= 0.3 is 5.97 Å². The van der Waals surface area contributed by atoms with Crippen molar-refractivity contribution in [1.82, 2.24) is 0 Å². The summed E-state index contributed by atoms with van der Waals surface area (Å²) < 4.78 is 24.3. The highest BCUT2D eigenvalue weighted by atomic mass is 28.4. The number of hydrogen-bond acceptors (Lipinski definition) is 5. The standard InChI is InChI=1S/C27H54O5Si/c1-14-15-16-20(2)23(30-11)19-24(32-33(12,13)27(7,8)9)21(3)22(29-10)17-18-31-25(28)26(4,5)6/h15-16,20-24H,14,17-19H2,1-13H3/b16-15+/t20-,21+,22-,23-,24-/m0/s1. The molecule has 0 saturated carbocycles. The van der Waals surface area contributed by atoms with Gasteiger partial charge in [-0.15, -0.1) is 0 Å². The van der Waals surface area contributed by atoms with E-state index in [1.807, 2.05) is 20.8 Å². The van der Waals surface area contributed by atoms with Crippen LogP contribution in [0.15, 0.2) is 12.2 Å². The van der Waals surface area contributed by atoms with Crippen molar-refractivity contribution in [3.8, 4) is 0 Å². The SMILES string of the molecule is CC/C=C/[C@H](C)[C@H](C[C@H](O[Si](C)(C)C(C)(C)C)[C@H](C)[C@H](CCOC(=O)C(C)(C)C)OC)OC. The molecule has 6 heteroatoms. The minimum atomic E-state index is -2.02. The zero-order chi connectivity index (χ0) is 26.0. The summed E-state index contributed by atoms with van der Waals surface area (Å²) in [6, 6.07) is 0.